The molecule has 0 fully saturated rings. The Labute approximate surface area is 180 Å². The number of hydrogen-bond donors (Lipinski definition) is 1. The van der Waals surface area contributed by atoms with Crippen molar-refractivity contribution in [3.05, 3.63) is 96.1 Å². The monoisotopic (exact) mass is 414 g/mol. The lowest BCUT2D eigenvalue weighted by Crippen LogP contribution is -2.34. The number of pyridine rings is 2. The van der Waals surface area contributed by atoms with Gasteiger partial charge in [-0.3, -0.25) is 9.78 Å². The summed E-state index contributed by atoms with van der Waals surface area (Å²) >= 11 is 0. The second-order valence-electron chi connectivity index (χ2n) is 7.55. The van der Waals surface area contributed by atoms with E-state index in [0.29, 0.717) is 17.8 Å². The fraction of sp³-hybridized carbons (Fsp3) is 0.160. The van der Waals surface area contributed by atoms with E-state index < -0.39 is 0 Å². The Kier molecular flexibility index (Phi) is 6.00. The quantitative estimate of drug-likeness (QED) is 0.506. The van der Waals surface area contributed by atoms with E-state index in [9.17, 15) is 9.18 Å². The molecule has 1 amide bonds. The molecule has 4 aromatic rings. The van der Waals surface area contributed by atoms with Crippen LogP contribution in [0.15, 0.2) is 79.1 Å². The topological polar surface area (TPSA) is 58.1 Å². The minimum Gasteiger partial charge on any atom is -0.350 e. The fourth-order valence-corrected chi connectivity index (χ4v) is 3.63. The van der Waals surface area contributed by atoms with E-state index in [0.717, 1.165) is 22.0 Å². The summed E-state index contributed by atoms with van der Waals surface area (Å²) in [5.74, 6) is -0.491. The Balaban J connectivity index is 1.65. The van der Waals surface area contributed by atoms with Crippen LogP contribution in [0.5, 0.6) is 0 Å². The minimum atomic E-state index is -0.294. The number of rotatable bonds is 6. The number of likely N-dealkylation sites (N-methyl/N-ethyl adjacent to an activating group) is 1. The summed E-state index contributed by atoms with van der Waals surface area (Å²) in [6.07, 6.45) is 3.40. The van der Waals surface area contributed by atoms with Crippen LogP contribution in [0.1, 0.15) is 22.0 Å². The van der Waals surface area contributed by atoms with Crippen LogP contribution >= 0.6 is 0 Å². The normalized spacial score (nSPS) is 12.1. The van der Waals surface area contributed by atoms with Gasteiger partial charge >= 0.3 is 0 Å². The number of nitrogens with one attached hydrogen (secondary N) is 1. The summed E-state index contributed by atoms with van der Waals surface area (Å²) in [7, 11) is 3.82. The van der Waals surface area contributed by atoms with Gasteiger partial charge in [0.05, 0.1) is 22.8 Å². The van der Waals surface area contributed by atoms with Gasteiger partial charge in [0, 0.05) is 29.9 Å². The number of halogens is 1. The maximum atomic E-state index is 13.7. The van der Waals surface area contributed by atoms with Crippen molar-refractivity contribution in [3.63, 3.8) is 0 Å². The number of carbonyl (C=O) groups excluding carboxylic acids is 1. The van der Waals surface area contributed by atoms with Crippen LogP contribution in [0.25, 0.3) is 22.2 Å². The zero-order valence-electron chi connectivity index (χ0n) is 17.4. The highest BCUT2D eigenvalue weighted by molar-refractivity contribution is 6.07. The molecule has 0 saturated heterocycles. The molecule has 0 aliphatic rings. The van der Waals surface area contributed by atoms with Crippen molar-refractivity contribution >= 4 is 16.8 Å². The van der Waals surface area contributed by atoms with E-state index in [1.165, 1.54) is 12.1 Å². The average Bonchev–Trinajstić information content (AvgIpc) is 2.79. The van der Waals surface area contributed by atoms with Crippen LogP contribution in [-0.2, 0) is 0 Å². The van der Waals surface area contributed by atoms with Crippen molar-refractivity contribution < 1.29 is 9.18 Å². The maximum absolute atomic E-state index is 13.7. The molecule has 1 N–H and O–H groups in total. The average molecular weight is 414 g/mol. The number of aromatic nitrogens is 2. The van der Waals surface area contributed by atoms with Gasteiger partial charge < -0.3 is 10.2 Å². The van der Waals surface area contributed by atoms with Gasteiger partial charge in [0.1, 0.15) is 5.82 Å². The van der Waals surface area contributed by atoms with Gasteiger partial charge in [0.15, 0.2) is 0 Å². The summed E-state index contributed by atoms with van der Waals surface area (Å²) < 4.78 is 13.7. The van der Waals surface area contributed by atoms with Crippen molar-refractivity contribution in [1.29, 1.82) is 0 Å². The molecule has 0 unspecified atom stereocenters. The van der Waals surface area contributed by atoms with E-state index in [-0.39, 0.29) is 17.8 Å². The lowest BCUT2D eigenvalue weighted by Gasteiger charge is -2.25. The number of para-hydroxylation sites is 1. The van der Waals surface area contributed by atoms with Crippen LogP contribution in [0.2, 0.25) is 0 Å². The summed E-state index contributed by atoms with van der Waals surface area (Å²) in [5, 5.41) is 3.81. The highest BCUT2D eigenvalue weighted by Gasteiger charge is 2.18. The Morgan fingerprint density at radius 1 is 1.03 bits per heavy atom. The Morgan fingerprint density at radius 3 is 2.55 bits per heavy atom. The van der Waals surface area contributed by atoms with Gasteiger partial charge in [-0.25, -0.2) is 9.37 Å². The second-order valence-corrected chi connectivity index (χ2v) is 7.55. The van der Waals surface area contributed by atoms with Gasteiger partial charge in [-0.05, 0) is 56.1 Å². The SMILES string of the molecule is CN(C)[C@@H](CNC(=O)c1cc(-c2ccncc2)nc2ccccc12)c1cccc(F)c1. The first kappa shape index (κ1) is 20.6. The van der Waals surface area contributed by atoms with Gasteiger partial charge in [-0.2, -0.15) is 0 Å². The van der Waals surface area contributed by atoms with Gasteiger partial charge in [-0.15, -0.1) is 0 Å². The molecule has 0 aliphatic carbocycles. The minimum absolute atomic E-state index is 0.160. The van der Waals surface area contributed by atoms with Crippen molar-refractivity contribution in [2.24, 2.45) is 0 Å². The van der Waals surface area contributed by atoms with E-state index >= 15 is 0 Å². The number of carbonyl (C=O) groups is 1. The molecule has 2 aromatic heterocycles. The van der Waals surface area contributed by atoms with Crippen LogP contribution in [0.3, 0.4) is 0 Å². The standard InChI is InChI=1S/C25H23FN4O/c1-30(2)24(18-6-5-7-19(26)14-18)16-28-25(31)21-15-23(17-10-12-27-13-11-17)29-22-9-4-3-8-20(21)22/h3-15,24H,16H2,1-2H3,(H,28,31)/t24-/m0/s1. The van der Waals surface area contributed by atoms with Gasteiger partial charge in [-0.1, -0.05) is 30.3 Å². The summed E-state index contributed by atoms with van der Waals surface area (Å²) in [6, 6.07) is 19.4. The first-order valence-corrected chi connectivity index (χ1v) is 10.0. The Morgan fingerprint density at radius 2 is 1.81 bits per heavy atom. The number of amides is 1. The van der Waals surface area contributed by atoms with Crippen molar-refractivity contribution in [1.82, 2.24) is 20.2 Å². The predicted octanol–water partition coefficient (Wildman–Crippen LogP) is 4.47. The molecule has 4 rings (SSSR count). The molecule has 0 spiro atoms. The van der Waals surface area contributed by atoms with Crippen LogP contribution in [-0.4, -0.2) is 41.4 Å². The van der Waals surface area contributed by atoms with E-state index in [1.807, 2.05) is 61.5 Å². The predicted molar refractivity (Wildman–Crippen MR) is 120 cm³/mol. The smallest absolute Gasteiger partial charge is 0.252 e. The molecular formula is C25H23FN4O. The molecule has 2 heterocycles. The zero-order valence-corrected chi connectivity index (χ0v) is 17.4. The molecular weight excluding hydrogens is 391 g/mol. The van der Waals surface area contributed by atoms with Crippen LogP contribution in [0, 0.1) is 5.82 Å². The molecule has 0 bridgehead atoms. The lowest BCUT2D eigenvalue weighted by atomic mass is 10.0. The number of fused-ring (bicyclic) bond motifs is 1. The number of nitrogens with zero attached hydrogens (tertiary/aromatic N) is 3. The maximum Gasteiger partial charge on any atom is 0.252 e. The first-order valence-electron chi connectivity index (χ1n) is 10.0. The molecule has 0 radical (unpaired) electrons. The molecule has 5 nitrogen and oxygen atoms in total. The third kappa shape index (κ3) is 4.59. The molecule has 2 aromatic carbocycles. The lowest BCUT2D eigenvalue weighted by molar-refractivity contribution is 0.0943. The van der Waals surface area contributed by atoms with Crippen molar-refractivity contribution in [2.45, 2.75) is 6.04 Å². The summed E-state index contributed by atoms with van der Waals surface area (Å²) in [5.41, 5.74) is 3.70. The zero-order chi connectivity index (χ0) is 21.8. The van der Waals surface area contributed by atoms with Crippen LogP contribution in [0.4, 0.5) is 4.39 Å². The van der Waals surface area contributed by atoms with Crippen molar-refractivity contribution in [2.75, 3.05) is 20.6 Å². The van der Waals surface area contributed by atoms with Gasteiger partial charge in [0.25, 0.3) is 5.91 Å². The highest BCUT2D eigenvalue weighted by Crippen LogP contribution is 2.25. The van der Waals surface area contributed by atoms with E-state index in [2.05, 4.69) is 10.3 Å². The number of hydrogen-bond acceptors (Lipinski definition) is 4. The third-order valence-corrected chi connectivity index (χ3v) is 5.25. The number of benzene rings is 2. The summed E-state index contributed by atoms with van der Waals surface area (Å²) in [6.45, 7) is 0.344. The van der Waals surface area contributed by atoms with E-state index in [1.54, 1.807) is 24.5 Å². The van der Waals surface area contributed by atoms with Crippen LogP contribution < -0.4 is 5.32 Å². The molecule has 156 valence electrons. The largest absolute Gasteiger partial charge is 0.350 e. The molecule has 0 saturated carbocycles. The summed E-state index contributed by atoms with van der Waals surface area (Å²) in [4.78, 5) is 23.9. The third-order valence-electron chi connectivity index (χ3n) is 5.25. The molecule has 1 atom stereocenters. The Bertz CT molecular complexity index is 1210. The van der Waals surface area contributed by atoms with Gasteiger partial charge in [0.2, 0.25) is 0 Å². The second kappa shape index (κ2) is 9.02. The fourth-order valence-electron chi connectivity index (χ4n) is 3.63. The van der Waals surface area contributed by atoms with E-state index in [4.69, 9.17) is 4.98 Å². The molecule has 0 aliphatic heterocycles. The highest BCUT2D eigenvalue weighted by atomic mass is 19.1. The molecule has 31 heavy (non-hydrogen) atoms. The molecule has 6 heteroatoms. The Hall–Kier alpha value is -3.64. The first-order chi connectivity index (χ1) is 15.0. The van der Waals surface area contributed by atoms with Crippen molar-refractivity contribution in [3.8, 4) is 11.3 Å².